The number of aliphatic hydroxyl groups excluding tert-OH is 1. The number of rotatable bonds is 7. The highest BCUT2D eigenvalue weighted by Gasteiger charge is 2.36. The van der Waals surface area contributed by atoms with Crippen molar-refractivity contribution < 1.29 is 24.3 Å². The highest BCUT2D eigenvalue weighted by Crippen LogP contribution is 2.14. The van der Waals surface area contributed by atoms with Crippen molar-refractivity contribution in [2.24, 2.45) is 11.8 Å². The first-order chi connectivity index (χ1) is 7.54. The van der Waals surface area contributed by atoms with Gasteiger partial charge in [-0.2, -0.15) is 0 Å². The van der Waals surface area contributed by atoms with Gasteiger partial charge in [0.2, 0.25) is 0 Å². The Kier molecular flexibility index (Phi) is 5.78. The second-order valence-corrected chi connectivity index (χ2v) is 5.92. The molecular weight excluding hydrogens is 222 g/mol. The first-order valence-electron chi connectivity index (χ1n) is 5.78. The molecule has 0 aliphatic rings. The van der Waals surface area contributed by atoms with Crippen LogP contribution in [0.1, 0.15) is 20.3 Å². The maximum absolute atomic E-state index is 11.8. The van der Waals surface area contributed by atoms with Crippen molar-refractivity contribution in [3.05, 3.63) is 0 Å². The highest BCUT2D eigenvalue weighted by molar-refractivity contribution is 5.98. The zero-order valence-electron chi connectivity index (χ0n) is 11.3. The van der Waals surface area contributed by atoms with E-state index in [1.54, 1.807) is 0 Å². The van der Waals surface area contributed by atoms with Gasteiger partial charge in [0.25, 0.3) is 0 Å². The molecule has 0 saturated carbocycles. The van der Waals surface area contributed by atoms with E-state index in [0.717, 1.165) is 0 Å². The van der Waals surface area contributed by atoms with Crippen molar-refractivity contribution >= 4 is 11.8 Å². The van der Waals surface area contributed by atoms with E-state index in [2.05, 4.69) is 0 Å². The first kappa shape index (κ1) is 16.1. The summed E-state index contributed by atoms with van der Waals surface area (Å²) >= 11 is 0. The van der Waals surface area contributed by atoms with Crippen LogP contribution >= 0.6 is 0 Å². The van der Waals surface area contributed by atoms with Crippen LogP contribution in [0.25, 0.3) is 0 Å². The third kappa shape index (κ3) is 6.38. The third-order valence-electron chi connectivity index (χ3n) is 2.34. The Hall–Kier alpha value is -0.940. The fraction of sp³-hybridized carbons (Fsp3) is 0.833. The molecule has 5 heteroatoms. The molecule has 0 heterocycles. The molecule has 0 fully saturated rings. The number of quaternary nitrogens is 1. The van der Waals surface area contributed by atoms with Gasteiger partial charge >= 0.3 is 5.97 Å². The van der Waals surface area contributed by atoms with Gasteiger partial charge in [-0.1, -0.05) is 13.8 Å². The molecule has 0 aromatic heterocycles. The van der Waals surface area contributed by atoms with Crippen molar-refractivity contribution in [1.82, 2.24) is 0 Å². The van der Waals surface area contributed by atoms with Gasteiger partial charge in [-0.05, 0) is 5.92 Å². The molecule has 0 bridgehead atoms. The standard InChI is InChI=1S/C12H23NO4/c1-8(2)6-9(14)11(12(16)17)10(15)7-13(3,4)5/h8,10-11,15H,6-7H2,1-5H3/p+1/t10-,11-/m0/s1. The molecule has 100 valence electrons. The number of nitrogens with zero attached hydrogens (tertiary/aromatic N) is 1. The van der Waals surface area contributed by atoms with Crippen LogP contribution in [0.2, 0.25) is 0 Å². The summed E-state index contributed by atoms with van der Waals surface area (Å²) in [5.41, 5.74) is 0. The molecule has 0 rings (SSSR count). The van der Waals surface area contributed by atoms with Crippen LogP contribution in [-0.2, 0) is 9.59 Å². The van der Waals surface area contributed by atoms with E-state index in [9.17, 15) is 14.7 Å². The zero-order chi connectivity index (χ0) is 13.8. The molecule has 0 amide bonds. The summed E-state index contributed by atoms with van der Waals surface area (Å²) in [5.74, 6) is -2.85. The van der Waals surface area contributed by atoms with Gasteiger partial charge in [0.1, 0.15) is 24.3 Å². The lowest BCUT2D eigenvalue weighted by atomic mass is 9.91. The molecule has 0 aliphatic heterocycles. The van der Waals surface area contributed by atoms with Crippen molar-refractivity contribution in [2.75, 3.05) is 27.7 Å². The predicted octanol–water partition coefficient (Wildman–Crippen LogP) is 0.369. The molecule has 0 aromatic rings. The molecule has 0 spiro atoms. The Labute approximate surface area is 103 Å². The van der Waals surface area contributed by atoms with Crippen molar-refractivity contribution in [3.8, 4) is 0 Å². The lowest BCUT2D eigenvalue weighted by Crippen LogP contribution is -2.48. The Morgan fingerprint density at radius 2 is 1.65 bits per heavy atom. The molecule has 0 saturated heterocycles. The smallest absolute Gasteiger partial charge is 0.316 e. The van der Waals surface area contributed by atoms with E-state index in [1.807, 2.05) is 35.0 Å². The van der Waals surface area contributed by atoms with E-state index in [-0.39, 0.29) is 18.9 Å². The van der Waals surface area contributed by atoms with Crippen LogP contribution in [-0.4, -0.2) is 60.2 Å². The van der Waals surface area contributed by atoms with Crippen molar-refractivity contribution in [2.45, 2.75) is 26.4 Å². The first-order valence-corrected chi connectivity index (χ1v) is 5.78. The molecule has 0 unspecified atom stereocenters. The Balaban J connectivity index is 4.74. The number of likely N-dealkylation sites (N-methyl/N-ethyl adjacent to an activating group) is 1. The summed E-state index contributed by atoms with van der Waals surface area (Å²) in [6.45, 7) is 3.94. The highest BCUT2D eigenvalue weighted by atomic mass is 16.4. The molecule has 0 radical (unpaired) electrons. The fourth-order valence-corrected chi connectivity index (χ4v) is 1.71. The fourth-order valence-electron chi connectivity index (χ4n) is 1.71. The minimum atomic E-state index is -1.31. The maximum atomic E-state index is 11.8. The summed E-state index contributed by atoms with van der Waals surface area (Å²) < 4.78 is 0.417. The van der Waals surface area contributed by atoms with Gasteiger partial charge in [0, 0.05) is 6.42 Å². The number of carbonyl (C=O) groups excluding carboxylic acids is 1. The summed E-state index contributed by atoms with van der Waals surface area (Å²) in [4.78, 5) is 22.8. The second kappa shape index (κ2) is 6.12. The normalized spacial score (nSPS) is 15.7. The molecule has 0 aliphatic carbocycles. The quantitative estimate of drug-likeness (QED) is 0.503. The SMILES string of the molecule is CC(C)CC(=O)[C@H](C(=O)O)[C@@H](O)C[N+](C)(C)C. The van der Waals surface area contributed by atoms with Crippen molar-refractivity contribution in [3.63, 3.8) is 0 Å². The topological polar surface area (TPSA) is 74.6 Å². The Bertz CT molecular complexity index is 281. The molecule has 5 nitrogen and oxygen atoms in total. The number of carboxylic acid groups (broad SMARTS) is 1. The lowest BCUT2D eigenvalue weighted by molar-refractivity contribution is -0.873. The van der Waals surface area contributed by atoms with Crippen LogP contribution in [0, 0.1) is 11.8 Å². The van der Waals surface area contributed by atoms with Gasteiger partial charge in [-0.3, -0.25) is 9.59 Å². The number of carboxylic acids is 1. The second-order valence-electron chi connectivity index (χ2n) is 5.92. The number of hydrogen-bond acceptors (Lipinski definition) is 3. The number of aliphatic carboxylic acids is 1. The van der Waals surface area contributed by atoms with Crippen LogP contribution in [0.4, 0.5) is 0 Å². The maximum Gasteiger partial charge on any atom is 0.316 e. The van der Waals surface area contributed by atoms with E-state index < -0.39 is 23.8 Å². The molecule has 2 N–H and O–H groups in total. The van der Waals surface area contributed by atoms with Crippen LogP contribution < -0.4 is 0 Å². The van der Waals surface area contributed by atoms with Crippen molar-refractivity contribution in [1.29, 1.82) is 0 Å². The average molecular weight is 246 g/mol. The number of Topliss-reactive ketones (excluding diaryl/α,β-unsaturated/α-hetero) is 1. The van der Waals surface area contributed by atoms with Gasteiger partial charge in [0.15, 0.2) is 0 Å². The molecule has 2 atom stereocenters. The lowest BCUT2D eigenvalue weighted by Gasteiger charge is -2.29. The van der Waals surface area contributed by atoms with Gasteiger partial charge in [-0.25, -0.2) is 0 Å². The minimum Gasteiger partial charge on any atom is -0.481 e. The zero-order valence-corrected chi connectivity index (χ0v) is 11.3. The number of ketones is 1. The minimum absolute atomic E-state index is 0.0978. The molecule has 17 heavy (non-hydrogen) atoms. The third-order valence-corrected chi connectivity index (χ3v) is 2.34. The molecular formula is C12H24NO4+. The monoisotopic (exact) mass is 246 g/mol. The van der Waals surface area contributed by atoms with Gasteiger partial charge in [0.05, 0.1) is 21.1 Å². The number of hydrogen-bond donors (Lipinski definition) is 2. The van der Waals surface area contributed by atoms with Crippen LogP contribution in [0.5, 0.6) is 0 Å². The Morgan fingerprint density at radius 1 is 1.18 bits per heavy atom. The average Bonchev–Trinajstić information content (AvgIpc) is 1.96. The van der Waals surface area contributed by atoms with Crippen LogP contribution in [0.15, 0.2) is 0 Å². The van der Waals surface area contributed by atoms with E-state index >= 15 is 0 Å². The summed E-state index contributed by atoms with van der Waals surface area (Å²) in [7, 11) is 5.53. The Morgan fingerprint density at radius 3 is 1.94 bits per heavy atom. The largest absolute Gasteiger partial charge is 0.481 e. The molecule has 0 aromatic carbocycles. The summed E-state index contributed by atoms with van der Waals surface area (Å²) in [6.07, 6.45) is -0.954. The van der Waals surface area contributed by atoms with E-state index in [4.69, 9.17) is 5.11 Å². The van der Waals surface area contributed by atoms with E-state index in [0.29, 0.717) is 4.48 Å². The summed E-state index contributed by atoms with van der Waals surface area (Å²) in [5, 5.41) is 18.9. The predicted molar refractivity (Wildman–Crippen MR) is 64.5 cm³/mol. The van der Waals surface area contributed by atoms with Crippen LogP contribution in [0.3, 0.4) is 0 Å². The summed E-state index contributed by atoms with van der Waals surface area (Å²) in [6, 6.07) is 0. The number of aliphatic hydroxyl groups is 1. The van der Waals surface area contributed by atoms with Gasteiger partial charge in [-0.15, -0.1) is 0 Å². The van der Waals surface area contributed by atoms with E-state index in [1.165, 1.54) is 0 Å². The number of carbonyl (C=O) groups is 2. The van der Waals surface area contributed by atoms with Gasteiger partial charge < -0.3 is 14.7 Å².